The highest BCUT2D eigenvalue weighted by Gasteiger charge is 2.10. The largest absolute Gasteiger partial charge is 0.488 e. The molecule has 0 bridgehead atoms. The Balaban J connectivity index is 1.83. The number of ether oxygens (including phenoxy) is 1. The predicted molar refractivity (Wildman–Crippen MR) is 115 cm³/mol. The number of hydrogen-bond acceptors (Lipinski definition) is 2. The van der Waals surface area contributed by atoms with Crippen molar-refractivity contribution in [3.8, 4) is 5.75 Å². The topological polar surface area (TPSA) is 47.3 Å². The van der Waals surface area contributed by atoms with E-state index in [4.69, 9.17) is 17.0 Å². The summed E-state index contributed by atoms with van der Waals surface area (Å²) >= 11 is 5.19. The number of hydrogen-bond donors (Lipinski definition) is 3. The number of thiocarbonyl (C=S) groups is 1. The molecule has 0 saturated heterocycles. The molecular formula is C22H22N3OS+. The van der Waals surface area contributed by atoms with Crippen LogP contribution in [-0.4, -0.2) is 17.9 Å². The fourth-order valence-electron chi connectivity index (χ4n) is 2.67. The van der Waals surface area contributed by atoms with Crippen LogP contribution in [0.5, 0.6) is 5.75 Å². The van der Waals surface area contributed by atoms with Crippen LogP contribution >= 0.6 is 12.2 Å². The van der Waals surface area contributed by atoms with E-state index in [0.717, 1.165) is 27.6 Å². The van der Waals surface area contributed by atoms with Gasteiger partial charge >= 0.3 is 0 Å². The molecule has 4 nitrogen and oxygen atoms in total. The molecule has 0 spiro atoms. The molecule has 5 heteroatoms. The van der Waals surface area contributed by atoms with Gasteiger partial charge in [-0.15, -0.1) is 17.1 Å². The predicted octanol–water partition coefficient (Wildman–Crippen LogP) is 2.48. The first kappa shape index (κ1) is 18.6. The molecule has 0 aliphatic heterocycles. The van der Waals surface area contributed by atoms with Gasteiger partial charge in [-0.25, -0.2) is 0 Å². The Hall–Kier alpha value is -3.18. The van der Waals surface area contributed by atoms with Gasteiger partial charge in [0.15, 0.2) is 0 Å². The molecule has 3 rings (SSSR count). The van der Waals surface area contributed by atoms with Crippen molar-refractivity contribution < 1.29 is 9.84 Å². The lowest BCUT2D eigenvalue weighted by atomic mass is 10.0. The maximum absolute atomic E-state index is 6.09. The average molecular weight is 377 g/mol. The minimum absolute atomic E-state index is 0.498. The molecule has 0 heterocycles. The van der Waals surface area contributed by atoms with Gasteiger partial charge in [0.2, 0.25) is 11.3 Å². The van der Waals surface area contributed by atoms with Crippen molar-refractivity contribution in [2.24, 2.45) is 0 Å². The van der Waals surface area contributed by atoms with Gasteiger partial charge in [-0.3, -0.25) is 0 Å². The third-order valence-electron chi connectivity index (χ3n) is 3.98. The number of fused-ring (bicyclic) bond motifs is 1. The van der Waals surface area contributed by atoms with Crippen molar-refractivity contribution in [1.82, 2.24) is 10.7 Å². The zero-order chi connectivity index (χ0) is 18.9. The van der Waals surface area contributed by atoms with Crippen LogP contribution in [-0.2, 0) is 6.61 Å². The smallest absolute Gasteiger partial charge is 0.224 e. The molecule has 3 N–H and O–H groups in total. The molecule has 0 aliphatic carbocycles. The van der Waals surface area contributed by atoms with Crippen molar-refractivity contribution >= 4 is 34.3 Å². The molecule has 0 radical (unpaired) electrons. The number of hydrazine groups is 1. The third-order valence-corrected chi connectivity index (χ3v) is 4.22. The Kier molecular flexibility index (Phi) is 6.55. The zero-order valence-electron chi connectivity index (χ0n) is 14.9. The number of rotatable bonds is 7. The summed E-state index contributed by atoms with van der Waals surface area (Å²) in [6, 6.07) is 22.4. The van der Waals surface area contributed by atoms with Crippen LogP contribution in [0.4, 0.5) is 0 Å². The fraction of sp³-hybridized carbons (Fsp3) is 0.0909. The van der Waals surface area contributed by atoms with E-state index in [1.807, 2.05) is 54.7 Å². The summed E-state index contributed by atoms with van der Waals surface area (Å²) in [5.74, 6) is 0.803. The van der Waals surface area contributed by atoms with E-state index >= 15 is 0 Å². The first-order chi connectivity index (χ1) is 13.3. The molecule has 0 amide bonds. The van der Waals surface area contributed by atoms with Crippen molar-refractivity contribution in [3.63, 3.8) is 0 Å². The Bertz CT molecular complexity index is 954. The maximum atomic E-state index is 6.09. The van der Waals surface area contributed by atoms with Crippen molar-refractivity contribution in [3.05, 3.63) is 90.5 Å². The maximum Gasteiger partial charge on any atom is 0.224 e. The normalized spacial score (nSPS) is 10.7. The first-order valence-corrected chi connectivity index (χ1v) is 9.10. The van der Waals surface area contributed by atoms with Gasteiger partial charge in [0.25, 0.3) is 0 Å². The third kappa shape index (κ3) is 5.15. The highest BCUT2D eigenvalue weighted by molar-refractivity contribution is 7.80. The molecular weight excluding hydrogens is 354 g/mol. The van der Waals surface area contributed by atoms with E-state index < -0.39 is 0 Å². The lowest BCUT2D eigenvalue weighted by molar-refractivity contribution is -0.500. The number of benzene rings is 3. The van der Waals surface area contributed by atoms with Crippen LogP contribution < -0.4 is 20.6 Å². The van der Waals surface area contributed by atoms with E-state index in [-0.39, 0.29) is 0 Å². The Morgan fingerprint density at radius 2 is 1.81 bits per heavy atom. The van der Waals surface area contributed by atoms with E-state index in [2.05, 4.69) is 40.6 Å². The molecule has 0 atom stereocenters. The second-order valence-electron chi connectivity index (χ2n) is 5.89. The quantitative estimate of drug-likeness (QED) is 0.257. The molecule has 27 heavy (non-hydrogen) atoms. The summed E-state index contributed by atoms with van der Waals surface area (Å²) in [6.45, 7) is 4.77. The summed E-state index contributed by atoms with van der Waals surface area (Å²) in [7, 11) is 0. The van der Waals surface area contributed by atoms with Crippen molar-refractivity contribution in [2.45, 2.75) is 6.61 Å². The van der Waals surface area contributed by atoms with Crippen LogP contribution in [0.15, 0.2) is 79.4 Å². The lowest BCUT2D eigenvalue weighted by Crippen LogP contribution is -2.82. The average Bonchev–Trinajstić information content (AvgIpc) is 2.72. The summed E-state index contributed by atoms with van der Waals surface area (Å²) in [5, 5.41) is 8.79. The van der Waals surface area contributed by atoms with Crippen LogP contribution in [0.2, 0.25) is 0 Å². The highest BCUT2D eigenvalue weighted by atomic mass is 32.1. The monoisotopic (exact) mass is 376 g/mol. The summed E-state index contributed by atoms with van der Waals surface area (Å²) < 4.78 is 6.09. The van der Waals surface area contributed by atoms with Crippen LogP contribution in [0, 0.1) is 0 Å². The second-order valence-corrected chi connectivity index (χ2v) is 6.29. The minimum atomic E-state index is 0.498. The van der Waals surface area contributed by atoms with Crippen LogP contribution in [0.3, 0.4) is 0 Å². The van der Waals surface area contributed by atoms with Gasteiger partial charge in [-0.2, -0.15) is 0 Å². The zero-order valence-corrected chi connectivity index (χ0v) is 15.8. The summed E-state index contributed by atoms with van der Waals surface area (Å²) in [5.41, 5.74) is 5.03. The van der Waals surface area contributed by atoms with Crippen LogP contribution in [0.25, 0.3) is 10.8 Å². The summed E-state index contributed by atoms with van der Waals surface area (Å²) in [4.78, 5) is 0. The number of nitrogens with one attached hydrogen (secondary N) is 3. The molecule has 3 aromatic rings. The summed E-state index contributed by atoms with van der Waals surface area (Å²) in [6.07, 6.45) is 3.61. The van der Waals surface area contributed by atoms with Gasteiger partial charge in [0.05, 0.1) is 5.56 Å². The Morgan fingerprint density at radius 1 is 1.04 bits per heavy atom. The van der Waals surface area contributed by atoms with Crippen LogP contribution in [0.1, 0.15) is 11.1 Å². The Labute approximate surface area is 164 Å². The lowest BCUT2D eigenvalue weighted by Gasteiger charge is -2.10. The van der Waals surface area contributed by atoms with Gasteiger partial charge in [-0.05, 0) is 34.6 Å². The van der Waals surface area contributed by atoms with E-state index in [0.29, 0.717) is 18.3 Å². The van der Waals surface area contributed by atoms with Crippen molar-refractivity contribution in [2.75, 3.05) is 6.54 Å². The fourth-order valence-corrected chi connectivity index (χ4v) is 2.81. The standard InChI is InChI=1S/C22H21N3OS/c1-2-14-23-22(27)25-24-15-20-19-11-7-6-10-18(19)12-13-21(20)26-16-17-8-4-3-5-9-17/h2-13,15H,1,14,16H2,(H2,23,25,27)/p+1. The van der Waals surface area contributed by atoms with Gasteiger partial charge in [0.1, 0.15) is 12.4 Å². The molecule has 136 valence electrons. The number of hydrazone groups is 1. The van der Waals surface area contributed by atoms with Crippen molar-refractivity contribution in [1.29, 1.82) is 0 Å². The first-order valence-electron chi connectivity index (χ1n) is 8.70. The molecule has 0 saturated carbocycles. The van der Waals surface area contributed by atoms with E-state index in [1.54, 1.807) is 6.08 Å². The SMILES string of the molecule is C=CCNC(=S)N[NH+]=Cc1c(OCc2ccccc2)ccc2ccccc12. The molecule has 0 aromatic heterocycles. The second kappa shape index (κ2) is 9.50. The van der Waals surface area contributed by atoms with E-state index in [1.165, 1.54) is 0 Å². The van der Waals surface area contributed by atoms with Gasteiger partial charge in [0, 0.05) is 6.54 Å². The highest BCUT2D eigenvalue weighted by Crippen LogP contribution is 2.26. The molecule has 0 fully saturated rings. The van der Waals surface area contributed by atoms with E-state index in [9.17, 15) is 0 Å². The van der Waals surface area contributed by atoms with Gasteiger partial charge < -0.3 is 10.1 Å². The minimum Gasteiger partial charge on any atom is -0.488 e. The van der Waals surface area contributed by atoms with Gasteiger partial charge in [-0.1, -0.05) is 66.7 Å². The Morgan fingerprint density at radius 3 is 2.63 bits per heavy atom. The molecule has 0 aliphatic rings. The molecule has 3 aromatic carbocycles. The molecule has 0 unspecified atom stereocenters.